The van der Waals surface area contributed by atoms with E-state index in [-0.39, 0.29) is 19.1 Å². The predicted octanol–water partition coefficient (Wildman–Crippen LogP) is 1.16. The third-order valence-corrected chi connectivity index (χ3v) is 3.52. The van der Waals surface area contributed by atoms with Crippen molar-refractivity contribution in [1.82, 2.24) is 9.97 Å². The highest BCUT2D eigenvalue weighted by molar-refractivity contribution is 14.1. The highest BCUT2D eigenvalue weighted by Gasteiger charge is 2.16. The summed E-state index contributed by atoms with van der Waals surface area (Å²) < 4.78 is 5.83. The van der Waals surface area contributed by atoms with E-state index in [9.17, 15) is 5.11 Å². The maximum absolute atomic E-state index is 9.80. The third-order valence-electron chi connectivity index (χ3n) is 2.96. The lowest BCUT2D eigenvalue weighted by atomic mass is 10.2. The molecule has 7 nitrogen and oxygen atoms in total. The van der Waals surface area contributed by atoms with Crippen LogP contribution in [0.1, 0.15) is 0 Å². The lowest BCUT2D eigenvalue weighted by Gasteiger charge is -2.26. The van der Waals surface area contributed by atoms with Crippen molar-refractivity contribution in [2.45, 2.75) is 6.10 Å². The Bertz CT molecular complexity index is 604. The van der Waals surface area contributed by atoms with Gasteiger partial charge in [-0.3, -0.25) is 0 Å². The van der Waals surface area contributed by atoms with Crippen LogP contribution in [0.3, 0.4) is 0 Å². The van der Waals surface area contributed by atoms with Crippen LogP contribution >= 0.6 is 22.6 Å². The van der Waals surface area contributed by atoms with E-state index in [1.54, 1.807) is 18.1 Å². The maximum atomic E-state index is 9.80. The molecule has 1 aromatic carbocycles. The van der Waals surface area contributed by atoms with Crippen LogP contribution in [0.5, 0.6) is 5.75 Å². The van der Waals surface area contributed by atoms with Gasteiger partial charge in [-0.1, -0.05) is 0 Å². The number of benzene rings is 1. The van der Waals surface area contributed by atoms with Gasteiger partial charge in [0.1, 0.15) is 15.3 Å². The van der Waals surface area contributed by atoms with Crippen molar-refractivity contribution < 1.29 is 14.9 Å². The summed E-state index contributed by atoms with van der Waals surface area (Å²) in [6.07, 6.45) is -0.907. The van der Waals surface area contributed by atoms with Gasteiger partial charge in [0.05, 0.1) is 26.4 Å². The molecule has 0 spiro atoms. The average molecular weight is 416 g/mol. The Morgan fingerprint density at radius 2 is 2.00 bits per heavy atom. The molecule has 1 unspecified atom stereocenters. The molecule has 118 valence electrons. The van der Waals surface area contributed by atoms with E-state index in [0.717, 1.165) is 11.4 Å². The molecule has 0 saturated heterocycles. The summed E-state index contributed by atoms with van der Waals surface area (Å²) in [6, 6.07) is 9.06. The summed E-state index contributed by atoms with van der Waals surface area (Å²) in [4.78, 5) is 10.0. The predicted molar refractivity (Wildman–Crippen MR) is 92.3 cm³/mol. The first-order valence-electron chi connectivity index (χ1n) is 6.54. The molecule has 0 radical (unpaired) electrons. The summed E-state index contributed by atoms with van der Waals surface area (Å²) in [5.74, 6) is 1.43. The largest absolute Gasteiger partial charge is 0.497 e. The molecule has 0 bridgehead atoms. The monoisotopic (exact) mass is 416 g/mol. The number of hydrogen-bond acceptors (Lipinski definition) is 7. The molecule has 1 atom stereocenters. The van der Waals surface area contributed by atoms with Crippen LogP contribution in [0.15, 0.2) is 30.3 Å². The van der Waals surface area contributed by atoms with Gasteiger partial charge in [0.15, 0.2) is 0 Å². The molecule has 0 aliphatic rings. The SMILES string of the molecule is COc1ccc(N(CC(O)CO)c2cc(I)nc(N)n2)cc1. The molecule has 0 saturated carbocycles. The van der Waals surface area contributed by atoms with E-state index in [2.05, 4.69) is 9.97 Å². The van der Waals surface area contributed by atoms with Crippen LogP contribution in [0, 0.1) is 3.70 Å². The number of ether oxygens (including phenoxy) is 1. The number of rotatable bonds is 6. The maximum Gasteiger partial charge on any atom is 0.222 e. The minimum atomic E-state index is -0.907. The van der Waals surface area contributed by atoms with Crippen molar-refractivity contribution in [2.24, 2.45) is 0 Å². The first kappa shape index (κ1) is 16.7. The number of halogens is 1. The van der Waals surface area contributed by atoms with Crippen molar-refractivity contribution in [3.8, 4) is 5.75 Å². The molecule has 22 heavy (non-hydrogen) atoms. The highest BCUT2D eigenvalue weighted by Crippen LogP contribution is 2.27. The van der Waals surface area contributed by atoms with Gasteiger partial charge in [-0.05, 0) is 46.9 Å². The van der Waals surface area contributed by atoms with E-state index < -0.39 is 6.10 Å². The summed E-state index contributed by atoms with van der Waals surface area (Å²) in [5.41, 5.74) is 6.49. The van der Waals surface area contributed by atoms with Crippen molar-refractivity contribution >= 4 is 40.0 Å². The van der Waals surface area contributed by atoms with Gasteiger partial charge in [0.25, 0.3) is 0 Å². The van der Waals surface area contributed by atoms with Crippen molar-refractivity contribution in [2.75, 3.05) is 30.9 Å². The molecule has 1 aromatic heterocycles. The van der Waals surface area contributed by atoms with Crippen LogP contribution in [0.25, 0.3) is 0 Å². The van der Waals surface area contributed by atoms with Crippen LogP contribution in [0.2, 0.25) is 0 Å². The second-order valence-corrected chi connectivity index (χ2v) is 5.66. The lowest BCUT2D eigenvalue weighted by Crippen LogP contribution is -2.31. The lowest BCUT2D eigenvalue weighted by molar-refractivity contribution is 0.102. The summed E-state index contributed by atoms with van der Waals surface area (Å²) in [7, 11) is 1.59. The Kier molecular flexibility index (Phi) is 5.75. The van der Waals surface area contributed by atoms with Gasteiger partial charge in [-0.15, -0.1) is 0 Å². The minimum Gasteiger partial charge on any atom is -0.497 e. The molecule has 0 amide bonds. The van der Waals surface area contributed by atoms with Crippen LogP contribution < -0.4 is 15.4 Å². The number of nitrogen functional groups attached to an aromatic ring is 1. The highest BCUT2D eigenvalue weighted by atomic mass is 127. The minimum absolute atomic E-state index is 0.152. The van der Waals surface area contributed by atoms with Crippen molar-refractivity contribution in [1.29, 1.82) is 0 Å². The molecule has 0 fully saturated rings. The van der Waals surface area contributed by atoms with E-state index in [1.165, 1.54) is 0 Å². The van der Waals surface area contributed by atoms with Gasteiger partial charge < -0.3 is 25.6 Å². The smallest absolute Gasteiger partial charge is 0.222 e. The van der Waals surface area contributed by atoms with Gasteiger partial charge in [0, 0.05) is 11.8 Å². The molecule has 0 aliphatic carbocycles. The number of anilines is 3. The zero-order valence-corrected chi connectivity index (χ0v) is 14.1. The Balaban J connectivity index is 2.40. The molecular weight excluding hydrogens is 399 g/mol. The van der Waals surface area contributed by atoms with Crippen LogP contribution in [-0.4, -0.2) is 46.5 Å². The molecule has 0 aliphatic heterocycles. The number of hydrogen-bond donors (Lipinski definition) is 3. The summed E-state index contributed by atoms with van der Waals surface area (Å²) >= 11 is 2.05. The zero-order valence-electron chi connectivity index (χ0n) is 12.0. The fraction of sp³-hybridized carbons (Fsp3) is 0.286. The first-order chi connectivity index (χ1) is 10.5. The van der Waals surface area contributed by atoms with Gasteiger partial charge in [0.2, 0.25) is 5.95 Å². The fourth-order valence-electron chi connectivity index (χ4n) is 1.92. The Morgan fingerprint density at radius 3 is 2.55 bits per heavy atom. The van der Waals surface area contributed by atoms with Gasteiger partial charge in [-0.2, -0.15) is 4.98 Å². The number of methoxy groups -OCH3 is 1. The number of nitrogens with two attached hydrogens (primary N) is 1. The number of aromatic nitrogens is 2. The molecular formula is C14H17IN4O3. The van der Waals surface area contributed by atoms with Crippen LogP contribution in [-0.2, 0) is 0 Å². The number of aliphatic hydroxyl groups excluding tert-OH is 2. The Labute approximate surface area is 141 Å². The molecule has 1 heterocycles. The molecule has 8 heteroatoms. The molecule has 2 aromatic rings. The molecule has 4 N–H and O–H groups in total. The van der Waals surface area contributed by atoms with E-state index >= 15 is 0 Å². The second kappa shape index (κ2) is 7.56. The van der Waals surface area contributed by atoms with Gasteiger partial charge in [-0.25, -0.2) is 4.98 Å². The molecule has 2 rings (SSSR count). The number of aliphatic hydroxyl groups is 2. The summed E-state index contributed by atoms with van der Waals surface area (Å²) in [6.45, 7) is -0.167. The number of nitrogens with zero attached hydrogens (tertiary/aromatic N) is 3. The fourth-order valence-corrected chi connectivity index (χ4v) is 2.45. The average Bonchev–Trinajstić information content (AvgIpc) is 2.51. The Hall–Kier alpha value is -1.65. The first-order valence-corrected chi connectivity index (χ1v) is 7.62. The van der Waals surface area contributed by atoms with Gasteiger partial charge >= 0.3 is 0 Å². The standard InChI is InChI=1S/C14H17IN4O3/c1-22-11-4-2-9(3-5-11)19(7-10(21)8-20)13-6-12(15)17-14(16)18-13/h2-6,10,20-21H,7-8H2,1H3,(H2,16,17,18). The van der Waals surface area contributed by atoms with E-state index in [1.807, 2.05) is 46.9 Å². The topological polar surface area (TPSA) is 105 Å². The second-order valence-electron chi connectivity index (χ2n) is 4.55. The van der Waals surface area contributed by atoms with E-state index in [4.69, 9.17) is 15.6 Å². The third kappa shape index (κ3) is 4.18. The summed E-state index contributed by atoms with van der Waals surface area (Å²) in [5, 5.41) is 18.9. The van der Waals surface area contributed by atoms with Crippen LogP contribution in [0.4, 0.5) is 17.5 Å². The zero-order chi connectivity index (χ0) is 16.1. The van der Waals surface area contributed by atoms with Crippen molar-refractivity contribution in [3.05, 3.63) is 34.0 Å². The quantitative estimate of drug-likeness (QED) is 0.480. The Morgan fingerprint density at radius 1 is 1.32 bits per heavy atom. The van der Waals surface area contributed by atoms with E-state index in [0.29, 0.717) is 9.52 Å². The van der Waals surface area contributed by atoms with Crippen molar-refractivity contribution in [3.63, 3.8) is 0 Å². The normalized spacial score (nSPS) is 12.0.